The number of carboxylic acid groups (broad SMARTS) is 1. The Bertz CT molecular complexity index is 1210. The number of halogens is 2. The van der Waals surface area contributed by atoms with Crippen LogP contribution in [-0.4, -0.2) is 25.4 Å². The van der Waals surface area contributed by atoms with Gasteiger partial charge in [-0.15, -0.1) is 0 Å². The number of hydrogen-bond donors (Lipinski definition) is 3. The van der Waals surface area contributed by atoms with Crippen LogP contribution in [0.4, 0.5) is 11.4 Å². The summed E-state index contributed by atoms with van der Waals surface area (Å²) in [6.07, 6.45) is 0. The van der Waals surface area contributed by atoms with Gasteiger partial charge in [0.15, 0.2) is 0 Å². The summed E-state index contributed by atoms with van der Waals surface area (Å²) < 4.78 is 29.0. The number of sulfonamides is 1. The number of benzene rings is 3. The number of carbonyl (C=O) groups excluding carboxylic acids is 1. The number of nitrogens with one attached hydrogen (secondary N) is 2. The van der Waals surface area contributed by atoms with Gasteiger partial charge < -0.3 is 10.4 Å². The van der Waals surface area contributed by atoms with E-state index in [0.29, 0.717) is 5.69 Å². The summed E-state index contributed by atoms with van der Waals surface area (Å²) in [6, 6.07) is 16.6. The van der Waals surface area contributed by atoms with Gasteiger partial charge in [-0.3, -0.25) is 9.52 Å². The molecule has 3 aromatic rings. The molecule has 7 nitrogen and oxygen atoms in total. The average molecular weight is 601 g/mol. The van der Waals surface area contributed by atoms with Crippen LogP contribution in [0.15, 0.2) is 76.1 Å². The van der Waals surface area contributed by atoms with E-state index in [-0.39, 0.29) is 21.7 Å². The predicted molar refractivity (Wildman–Crippen MR) is 125 cm³/mol. The van der Waals surface area contributed by atoms with Crippen LogP contribution in [0.3, 0.4) is 0 Å². The Hall–Kier alpha value is -2.44. The SMILES string of the molecule is O=C(Nc1ccc(I)cc1C(=O)O)c1ccc(S(=O)(=O)Nc2ccc(Br)cc2)cc1. The van der Waals surface area contributed by atoms with Crippen LogP contribution in [0.2, 0.25) is 0 Å². The molecule has 0 aliphatic rings. The van der Waals surface area contributed by atoms with E-state index in [1.165, 1.54) is 36.4 Å². The molecule has 154 valence electrons. The minimum absolute atomic E-state index is 0.0116. The Morgan fingerprint density at radius 1 is 0.933 bits per heavy atom. The summed E-state index contributed by atoms with van der Waals surface area (Å²) in [5.41, 5.74) is 0.710. The second kappa shape index (κ2) is 9.14. The molecule has 0 bridgehead atoms. The van der Waals surface area contributed by atoms with Gasteiger partial charge in [0.2, 0.25) is 0 Å². The maximum Gasteiger partial charge on any atom is 0.337 e. The molecular weight excluding hydrogens is 587 g/mol. The highest BCUT2D eigenvalue weighted by Gasteiger charge is 2.17. The van der Waals surface area contributed by atoms with Gasteiger partial charge in [0.05, 0.1) is 16.1 Å². The minimum atomic E-state index is -3.83. The Morgan fingerprint density at radius 2 is 1.57 bits per heavy atom. The molecule has 3 aromatic carbocycles. The largest absolute Gasteiger partial charge is 0.478 e. The van der Waals surface area contributed by atoms with Gasteiger partial charge in [-0.05, 0) is 89.3 Å². The van der Waals surface area contributed by atoms with E-state index in [0.717, 1.165) is 8.04 Å². The normalized spacial score (nSPS) is 11.0. The molecule has 0 spiro atoms. The van der Waals surface area contributed by atoms with Gasteiger partial charge in [0.25, 0.3) is 15.9 Å². The lowest BCUT2D eigenvalue weighted by Gasteiger charge is -2.11. The zero-order chi connectivity index (χ0) is 21.9. The third-order valence-electron chi connectivity index (χ3n) is 3.98. The van der Waals surface area contributed by atoms with Gasteiger partial charge in [0, 0.05) is 19.3 Å². The van der Waals surface area contributed by atoms with Crippen molar-refractivity contribution in [3.05, 3.63) is 85.9 Å². The monoisotopic (exact) mass is 600 g/mol. The molecule has 3 N–H and O–H groups in total. The van der Waals surface area contributed by atoms with Crippen molar-refractivity contribution in [3.8, 4) is 0 Å². The van der Waals surface area contributed by atoms with Gasteiger partial charge in [-0.25, -0.2) is 13.2 Å². The molecule has 10 heteroatoms. The van der Waals surface area contributed by atoms with Crippen molar-refractivity contribution in [2.45, 2.75) is 4.90 Å². The lowest BCUT2D eigenvalue weighted by atomic mass is 10.1. The third-order valence-corrected chi connectivity index (χ3v) is 6.58. The zero-order valence-corrected chi connectivity index (χ0v) is 19.7. The third kappa shape index (κ3) is 5.37. The topological polar surface area (TPSA) is 113 Å². The van der Waals surface area contributed by atoms with E-state index in [4.69, 9.17) is 0 Å². The summed E-state index contributed by atoms with van der Waals surface area (Å²) in [6.45, 7) is 0. The highest BCUT2D eigenvalue weighted by Crippen LogP contribution is 2.22. The van der Waals surface area contributed by atoms with Crippen LogP contribution in [-0.2, 0) is 10.0 Å². The lowest BCUT2D eigenvalue weighted by molar-refractivity contribution is 0.0698. The average Bonchev–Trinajstić information content (AvgIpc) is 2.71. The molecule has 0 heterocycles. The Labute approximate surface area is 194 Å². The molecule has 0 fully saturated rings. The van der Waals surface area contributed by atoms with Gasteiger partial charge in [0.1, 0.15) is 0 Å². The molecule has 0 radical (unpaired) electrons. The van der Waals surface area contributed by atoms with Crippen LogP contribution in [0, 0.1) is 3.57 Å². The van der Waals surface area contributed by atoms with Crippen molar-refractivity contribution >= 4 is 71.8 Å². The molecule has 0 unspecified atom stereocenters. The van der Waals surface area contributed by atoms with Crippen LogP contribution in [0.1, 0.15) is 20.7 Å². The predicted octanol–water partition coefficient (Wildman–Crippen LogP) is 4.81. The fourth-order valence-electron chi connectivity index (χ4n) is 2.51. The maximum atomic E-state index is 12.5. The summed E-state index contributed by atoms with van der Waals surface area (Å²) >= 11 is 5.26. The van der Waals surface area contributed by atoms with Crippen molar-refractivity contribution in [1.82, 2.24) is 0 Å². The smallest absolute Gasteiger partial charge is 0.337 e. The Morgan fingerprint density at radius 3 is 2.17 bits per heavy atom. The summed E-state index contributed by atoms with van der Waals surface area (Å²) in [4.78, 5) is 23.9. The van der Waals surface area contributed by atoms with Gasteiger partial charge in [-0.2, -0.15) is 0 Å². The fourth-order valence-corrected chi connectivity index (χ4v) is 4.33. The molecular formula is C20H14BrIN2O5S. The fraction of sp³-hybridized carbons (Fsp3) is 0. The van der Waals surface area contributed by atoms with Crippen LogP contribution >= 0.6 is 38.5 Å². The van der Waals surface area contributed by atoms with Crippen LogP contribution in [0.5, 0.6) is 0 Å². The van der Waals surface area contributed by atoms with E-state index in [2.05, 4.69) is 26.0 Å². The van der Waals surface area contributed by atoms with Crippen molar-refractivity contribution in [2.75, 3.05) is 10.0 Å². The number of carboxylic acids is 1. The highest BCUT2D eigenvalue weighted by atomic mass is 127. The number of carbonyl (C=O) groups is 2. The first-order valence-corrected chi connectivity index (χ1v) is 11.7. The second-order valence-corrected chi connectivity index (χ2v) is 9.93. The summed E-state index contributed by atoms with van der Waals surface area (Å²) in [5, 5.41) is 11.9. The van der Waals surface area contributed by atoms with Crippen molar-refractivity contribution < 1.29 is 23.1 Å². The molecule has 0 saturated carbocycles. The van der Waals surface area contributed by atoms with Gasteiger partial charge >= 0.3 is 5.97 Å². The molecule has 0 aliphatic carbocycles. The number of amides is 1. The van der Waals surface area contributed by atoms with E-state index >= 15 is 0 Å². The molecule has 0 aromatic heterocycles. The Balaban J connectivity index is 1.77. The molecule has 0 aliphatic heterocycles. The first kappa shape index (κ1) is 22.2. The van der Waals surface area contributed by atoms with E-state index in [1.807, 2.05) is 22.6 Å². The quantitative estimate of drug-likeness (QED) is 0.352. The molecule has 0 saturated heterocycles. The van der Waals surface area contributed by atoms with E-state index in [1.54, 1.807) is 30.3 Å². The number of hydrogen-bond acceptors (Lipinski definition) is 4. The second-order valence-electron chi connectivity index (χ2n) is 6.09. The van der Waals surface area contributed by atoms with Gasteiger partial charge in [-0.1, -0.05) is 15.9 Å². The number of rotatable bonds is 6. The number of aromatic carboxylic acids is 1. The Kier molecular flexibility index (Phi) is 6.78. The first-order chi connectivity index (χ1) is 14.2. The summed E-state index contributed by atoms with van der Waals surface area (Å²) in [5.74, 6) is -1.72. The van der Waals surface area contributed by atoms with Crippen molar-refractivity contribution in [2.24, 2.45) is 0 Å². The first-order valence-electron chi connectivity index (χ1n) is 8.38. The molecule has 30 heavy (non-hydrogen) atoms. The molecule has 0 atom stereocenters. The highest BCUT2D eigenvalue weighted by molar-refractivity contribution is 14.1. The van der Waals surface area contributed by atoms with Crippen LogP contribution < -0.4 is 10.0 Å². The van der Waals surface area contributed by atoms with E-state index < -0.39 is 21.9 Å². The standard InChI is InChI=1S/C20H14BrIN2O5S/c21-13-3-6-15(7-4-13)24-30(28,29)16-8-1-12(2-9-16)19(25)23-18-10-5-14(22)11-17(18)20(26)27/h1-11,24H,(H,23,25)(H,26,27). The van der Waals surface area contributed by atoms with Crippen molar-refractivity contribution in [1.29, 1.82) is 0 Å². The summed E-state index contributed by atoms with van der Waals surface area (Å²) in [7, 11) is -3.83. The lowest BCUT2D eigenvalue weighted by Crippen LogP contribution is -2.16. The zero-order valence-electron chi connectivity index (χ0n) is 15.1. The van der Waals surface area contributed by atoms with Crippen LogP contribution in [0.25, 0.3) is 0 Å². The number of anilines is 2. The maximum absolute atomic E-state index is 12.5. The van der Waals surface area contributed by atoms with E-state index in [9.17, 15) is 23.1 Å². The minimum Gasteiger partial charge on any atom is -0.478 e. The van der Waals surface area contributed by atoms with Crippen molar-refractivity contribution in [3.63, 3.8) is 0 Å². The molecule has 3 rings (SSSR count). The molecule has 1 amide bonds.